The molecular formula is C12H6ClFI. The van der Waals surface area contributed by atoms with Crippen LogP contribution in [0.3, 0.4) is 0 Å². The van der Waals surface area contributed by atoms with Crippen LogP contribution in [0.2, 0.25) is 5.02 Å². The Morgan fingerprint density at radius 3 is 2.60 bits per heavy atom. The van der Waals surface area contributed by atoms with E-state index in [-0.39, 0.29) is 5.02 Å². The molecule has 0 heterocycles. The van der Waals surface area contributed by atoms with Gasteiger partial charge in [-0.25, -0.2) is 4.39 Å². The Labute approximate surface area is 106 Å². The summed E-state index contributed by atoms with van der Waals surface area (Å²) in [5.74, 6) is -0.397. The normalized spacial score (nSPS) is 10.3. The molecular weight excluding hydrogens is 325 g/mol. The number of benzene rings is 2. The lowest BCUT2D eigenvalue weighted by atomic mass is 10.1. The molecule has 0 aliphatic rings. The van der Waals surface area contributed by atoms with Crippen LogP contribution in [0, 0.1) is 15.5 Å². The van der Waals surface area contributed by atoms with Gasteiger partial charge in [0.05, 0.1) is 5.02 Å². The van der Waals surface area contributed by atoms with Crippen molar-refractivity contribution >= 4 is 34.2 Å². The molecule has 2 rings (SSSR count). The fraction of sp³-hybridized carbons (Fsp3) is 0. The van der Waals surface area contributed by atoms with Crippen molar-refractivity contribution in [3.05, 3.63) is 56.9 Å². The highest BCUT2D eigenvalue weighted by Gasteiger charge is 2.02. The van der Waals surface area contributed by atoms with Crippen LogP contribution in [0.4, 0.5) is 4.39 Å². The zero-order valence-corrected chi connectivity index (χ0v) is 10.5. The maximum absolute atomic E-state index is 12.9. The second-order valence-corrected chi connectivity index (χ2v) is 4.70. The van der Waals surface area contributed by atoms with Gasteiger partial charge in [0, 0.05) is 3.57 Å². The Kier molecular flexibility index (Phi) is 3.26. The van der Waals surface area contributed by atoms with E-state index in [9.17, 15) is 4.39 Å². The molecule has 2 aromatic carbocycles. The van der Waals surface area contributed by atoms with Gasteiger partial charge in [0.15, 0.2) is 0 Å². The molecule has 0 spiro atoms. The van der Waals surface area contributed by atoms with Crippen LogP contribution in [0.25, 0.3) is 11.1 Å². The molecule has 0 aliphatic heterocycles. The van der Waals surface area contributed by atoms with Crippen LogP contribution in [0.5, 0.6) is 0 Å². The van der Waals surface area contributed by atoms with Crippen LogP contribution >= 0.6 is 34.2 Å². The molecule has 0 bridgehead atoms. The summed E-state index contributed by atoms with van der Waals surface area (Å²) in [5.41, 5.74) is 1.79. The van der Waals surface area contributed by atoms with Gasteiger partial charge in [-0.05, 0) is 64.0 Å². The highest BCUT2D eigenvalue weighted by molar-refractivity contribution is 14.1. The predicted octanol–water partition coefficient (Wildman–Crippen LogP) is 4.55. The van der Waals surface area contributed by atoms with Crippen molar-refractivity contribution in [3.63, 3.8) is 0 Å². The third kappa shape index (κ3) is 2.49. The van der Waals surface area contributed by atoms with E-state index in [0.717, 1.165) is 14.7 Å². The summed E-state index contributed by atoms with van der Waals surface area (Å²) in [7, 11) is 0. The molecule has 0 saturated heterocycles. The van der Waals surface area contributed by atoms with Gasteiger partial charge in [-0.2, -0.15) is 0 Å². The molecule has 75 valence electrons. The molecule has 0 nitrogen and oxygen atoms in total. The molecule has 1 radical (unpaired) electrons. The van der Waals surface area contributed by atoms with E-state index in [1.165, 1.54) is 6.07 Å². The molecule has 0 aromatic heterocycles. The summed E-state index contributed by atoms with van der Waals surface area (Å²) < 4.78 is 14.1. The van der Waals surface area contributed by atoms with E-state index >= 15 is 0 Å². The summed E-state index contributed by atoms with van der Waals surface area (Å²) in [6.45, 7) is 0. The predicted molar refractivity (Wildman–Crippen MR) is 68.4 cm³/mol. The number of hydrogen-bond donors (Lipinski definition) is 0. The fourth-order valence-corrected chi connectivity index (χ4v) is 1.77. The van der Waals surface area contributed by atoms with E-state index in [0.29, 0.717) is 0 Å². The minimum atomic E-state index is -0.397. The summed E-state index contributed by atoms with van der Waals surface area (Å²) >= 11 is 7.92. The van der Waals surface area contributed by atoms with Crippen LogP contribution in [0.1, 0.15) is 0 Å². The first-order chi connectivity index (χ1) is 7.16. The second kappa shape index (κ2) is 4.49. The minimum Gasteiger partial charge on any atom is -0.205 e. The molecule has 0 saturated carbocycles. The van der Waals surface area contributed by atoms with E-state index in [1.807, 2.05) is 18.2 Å². The zero-order chi connectivity index (χ0) is 10.8. The van der Waals surface area contributed by atoms with Crippen LogP contribution in [0.15, 0.2) is 36.4 Å². The SMILES string of the molecule is Fc1ccc(-c2[c]cc(I)cc2)cc1Cl. The Hall–Kier alpha value is -0.610. The Balaban J connectivity index is 2.45. The fourth-order valence-electron chi connectivity index (χ4n) is 1.25. The first-order valence-electron chi connectivity index (χ1n) is 4.29. The molecule has 0 atom stereocenters. The molecule has 0 fully saturated rings. The lowest BCUT2D eigenvalue weighted by Gasteiger charge is -2.02. The summed E-state index contributed by atoms with van der Waals surface area (Å²) in [5, 5.41) is 0.138. The standard InChI is InChI=1S/C12H6ClFI/c13-11-7-9(3-6-12(11)14)8-1-4-10(15)5-2-8/h1,3-7H. The van der Waals surface area contributed by atoms with Gasteiger partial charge in [0.1, 0.15) is 5.82 Å². The minimum absolute atomic E-state index is 0.138. The highest BCUT2D eigenvalue weighted by Crippen LogP contribution is 2.24. The second-order valence-electron chi connectivity index (χ2n) is 3.05. The van der Waals surface area contributed by atoms with Gasteiger partial charge in [0.25, 0.3) is 0 Å². The summed E-state index contributed by atoms with van der Waals surface area (Å²) in [6.07, 6.45) is 0. The average molecular weight is 332 g/mol. The van der Waals surface area contributed by atoms with Gasteiger partial charge < -0.3 is 0 Å². The molecule has 2 aromatic rings. The molecule has 0 unspecified atom stereocenters. The number of hydrogen-bond acceptors (Lipinski definition) is 0. The number of halogens is 3. The van der Waals surface area contributed by atoms with Crippen molar-refractivity contribution in [2.75, 3.05) is 0 Å². The third-order valence-electron chi connectivity index (χ3n) is 2.01. The molecule has 15 heavy (non-hydrogen) atoms. The van der Waals surface area contributed by atoms with Gasteiger partial charge in [-0.3, -0.25) is 0 Å². The third-order valence-corrected chi connectivity index (χ3v) is 2.97. The van der Waals surface area contributed by atoms with Gasteiger partial charge in [0.2, 0.25) is 0 Å². The van der Waals surface area contributed by atoms with Gasteiger partial charge >= 0.3 is 0 Å². The topological polar surface area (TPSA) is 0 Å². The van der Waals surface area contributed by atoms with Crippen LogP contribution < -0.4 is 0 Å². The largest absolute Gasteiger partial charge is 0.205 e. The van der Waals surface area contributed by atoms with Crippen LogP contribution in [-0.2, 0) is 0 Å². The first kappa shape index (κ1) is 10.9. The maximum atomic E-state index is 12.9. The maximum Gasteiger partial charge on any atom is 0.141 e. The summed E-state index contributed by atoms with van der Waals surface area (Å²) in [6, 6.07) is 13.6. The van der Waals surface area contributed by atoms with Crippen molar-refractivity contribution in [2.45, 2.75) is 0 Å². The monoisotopic (exact) mass is 331 g/mol. The quantitative estimate of drug-likeness (QED) is 0.673. The molecule has 0 aliphatic carbocycles. The van der Waals surface area contributed by atoms with E-state index in [4.69, 9.17) is 11.6 Å². The van der Waals surface area contributed by atoms with Crippen molar-refractivity contribution < 1.29 is 4.39 Å². The van der Waals surface area contributed by atoms with Crippen molar-refractivity contribution in [2.24, 2.45) is 0 Å². The summed E-state index contributed by atoms with van der Waals surface area (Å²) in [4.78, 5) is 0. The smallest absolute Gasteiger partial charge is 0.141 e. The van der Waals surface area contributed by atoms with Crippen molar-refractivity contribution in [3.8, 4) is 11.1 Å². The van der Waals surface area contributed by atoms with E-state index in [1.54, 1.807) is 12.1 Å². The Morgan fingerprint density at radius 1 is 1.20 bits per heavy atom. The van der Waals surface area contributed by atoms with Crippen molar-refractivity contribution in [1.29, 1.82) is 0 Å². The first-order valence-corrected chi connectivity index (χ1v) is 5.75. The average Bonchev–Trinajstić information content (AvgIpc) is 2.23. The van der Waals surface area contributed by atoms with E-state index < -0.39 is 5.82 Å². The molecule has 0 amide bonds. The zero-order valence-electron chi connectivity index (χ0n) is 7.60. The van der Waals surface area contributed by atoms with Crippen molar-refractivity contribution in [1.82, 2.24) is 0 Å². The van der Waals surface area contributed by atoms with E-state index in [2.05, 4.69) is 28.7 Å². The number of rotatable bonds is 1. The lowest BCUT2D eigenvalue weighted by Crippen LogP contribution is -1.81. The van der Waals surface area contributed by atoms with Gasteiger partial charge in [-0.1, -0.05) is 23.7 Å². The highest BCUT2D eigenvalue weighted by atomic mass is 127. The molecule has 3 heteroatoms. The molecule has 0 N–H and O–H groups in total. The lowest BCUT2D eigenvalue weighted by molar-refractivity contribution is 0.628. The van der Waals surface area contributed by atoms with Crippen LogP contribution in [-0.4, -0.2) is 0 Å². The Morgan fingerprint density at radius 2 is 2.00 bits per heavy atom. The van der Waals surface area contributed by atoms with Gasteiger partial charge in [-0.15, -0.1) is 0 Å². The Bertz CT molecular complexity index is 479.